The second kappa shape index (κ2) is 6.57. The van der Waals surface area contributed by atoms with Gasteiger partial charge in [0.25, 0.3) is 11.7 Å². The van der Waals surface area contributed by atoms with Crippen molar-refractivity contribution < 1.29 is 22.9 Å². The Bertz CT molecular complexity index is 787. The number of anilines is 1. The third kappa shape index (κ3) is 3.30. The molecule has 3 heterocycles. The van der Waals surface area contributed by atoms with E-state index in [0.29, 0.717) is 32.0 Å². The van der Waals surface area contributed by atoms with Gasteiger partial charge < -0.3 is 4.90 Å². The lowest BCUT2D eigenvalue weighted by molar-refractivity contribution is -0.367. The largest absolute Gasteiger partial charge is 0.419 e. The minimum atomic E-state index is -4.35. The lowest BCUT2D eigenvalue weighted by Gasteiger charge is -2.30. The van der Waals surface area contributed by atoms with E-state index in [1.165, 1.54) is 22.9 Å². The molecule has 1 fully saturated rings. The number of aromatic amines is 1. The number of rotatable bonds is 2. The molecule has 8 heteroatoms. The molecule has 0 bridgehead atoms. The van der Waals surface area contributed by atoms with Crippen LogP contribution in [-0.2, 0) is 19.0 Å². The summed E-state index contributed by atoms with van der Waals surface area (Å²) in [6.07, 6.45) is -0.0411. The van der Waals surface area contributed by atoms with E-state index in [0.717, 1.165) is 30.0 Å². The number of amides is 1. The molecule has 4 nitrogen and oxygen atoms in total. The Hall–Kier alpha value is -2.09. The first-order chi connectivity index (χ1) is 12.4. The molecule has 2 aromatic heterocycles. The van der Waals surface area contributed by atoms with Gasteiger partial charge in [-0.1, -0.05) is 0 Å². The van der Waals surface area contributed by atoms with E-state index in [1.54, 1.807) is 11.3 Å². The summed E-state index contributed by atoms with van der Waals surface area (Å²) < 4.78 is 37.9. The molecule has 2 aliphatic rings. The standard InChI is InChI=1S/C18H18F3N3OS/c19-18(20,21)13-4-5-16(22-11-13)23-6-8-24(9-7-23)17(25)15-10-12-2-1-3-14(12)26-15/h4-5,10-11H,1-3,6-9H2/p+1. The van der Waals surface area contributed by atoms with Crippen LogP contribution >= 0.6 is 11.3 Å². The van der Waals surface area contributed by atoms with Crippen molar-refractivity contribution in [2.45, 2.75) is 25.4 Å². The number of alkyl halides is 3. The van der Waals surface area contributed by atoms with Gasteiger partial charge in [-0.25, -0.2) is 4.98 Å². The zero-order valence-corrected chi connectivity index (χ0v) is 14.9. The van der Waals surface area contributed by atoms with Crippen LogP contribution in [0.3, 0.4) is 0 Å². The lowest BCUT2D eigenvalue weighted by atomic mass is 10.2. The highest BCUT2D eigenvalue weighted by molar-refractivity contribution is 7.14. The number of aryl methyl sites for hydroxylation is 2. The number of hydrogen-bond acceptors (Lipinski definition) is 3. The molecule has 2 aromatic rings. The Balaban J connectivity index is 1.38. The lowest BCUT2D eigenvalue weighted by Crippen LogP contribution is -2.50. The van der Waals surface area contributed by atoms with Crippen LogP contribution in [0.15, 0.2) is 24.4 Å². The number of halogens is 3. The Morgan fingerprint density at radius 3 is 2.50 bits per heavy atom. The van der Waals surface area contributed by atoms with E-state index in [4.69, 9.17) is 0 Å². The van der Waals surface area contributed by atoms with E-state index in [2.05, 4.69) is 4.98 Å². The van der Waals surface area contributed by atoms with Crippen LogP contribution in [0.2, 0.25) is 0 Å². The molecule has 0 unspecified atom stereocenters. The van der Waals surface area contributed by atoms with Crippen LogP contribution in [0.25, 0.3) is 0 Å². The van der Waals surface area contributed by atoms with Gasteiger partial charge in [-0.05, 0) is 37.0 Å². The molecular formula is C18H19F3N3OS+. The highest BCUT2D eigenvalue weighted by atomic mass is 32.1. The summed E-state index contributed by atoms with van der Waals surface area (Å²) in [5.74, 6) is 0.709. The molecule has 0 spiro atoms. The molecule has 138 valence electrons. The van der Waals surface area contributed by atoms with Crippen LogP contribution < -0.4 is 9.88 Å². The number of carbonyl (C=O) groups is 1. The van der Waals surface area contributed by atoms with Crippen LogP contribution in [0.1, 0.15) is 32.1 Å². The van der Waals surface area contributed by atoms with Crippen molar-refractivity contribution in [1.29, 1.82) is 0 Å². The number of nitrogens with one attached hydrogen (secondary N) is 1. The van der Waals surface area contributed by atoms with E-state index in [-0.39, 0.29) is 5.91 Å². The Morgan fingerprint density at radius 2 is 1.88 bits per heavy atom. The number of piperazine rings is 1. The van der Waals surface area contributed by atoms with Gasteiger partial charge in [0.1, 0.15) is 19.3 Å². The van der Waals surface area contributed by atoms with Crippen LogP contribution in [0, 0.1) is 0 Å². The number of fused-ring (bicyclic) bond motifs is 1. The van der Waals surface area contributed by atoms with Crippen molar-refractivity contribution in [1.82, 2.24) is 4.90 Å². The molecule has 0 aromatic carbocycles. The van der Waals surface area contributed by atoms with Crippen molar-refractivity contribution in [3.05, 3.63) is 45.3 Å². The van der Waals surface area contributed by atoms with Gasteiger partial charge in [0.15, 0.2) is 0 Å². The highest BCUT2D eigenvalue weighted by Crippen LogP contribution is 2.32. The molecule has 1 aliphatic carbocycles. The molecule has 26 heavy (non-hydrogen) atoms. The molecule has 0 atom stereocenters. The normalized spacial score (nSPS) is 17.5. The fourth-order valence-corrected chi connectivity index (χ4v) is 4.75. The average Bonchev–Trinajstić information content (AvgIpc) is 3.23. The minimum absolute atomic E-state index is 0.0699. The number of carbonyl (C=O) groups excluding carboxylic acids is 1. The smallest absolute Gasteiger partial charge is 0.330 e. The molecule has 1 saturated heterocycles. The molecule has 1 N–H and O–H groups in total. The molecule has 4 rings (SSSR count). The molecule has 1 aliphatic heterocycles. The number of thiophene rings is 1. The SMILES string of the molecule is O=C(c1cc2c(s1)CCC2)N1CCN(c2ccc(C(F)(F)F)c[nH+]2)CC1. The van der Waals surface area contributed by atoms with Crippen LogP contribution in [0.5, 0.6) is 0 Å². The Kier molecular flexibility index (Phi) is 4.38. The summed E-state index contributed by atoms with van der Waals surface area (Å²) in [6.45, 7) is 2.32. The Labute approximate surface area is 153 Å². The summed E-state index contributed by atoms with van der Waals surface area (Å²) >= 11 is 1.61. The molecular weight excluding hydrogens is 363 g/mol. The number of aromatic nitrogens is 1. The van der Waals surface area contributed by atoms with Gasteiger partial charge in [-0.15, -0.1) is 11.3 Å². The van der Waals surface area contributed by atoms with E-state index < -0.39 is 11.7 Å². The van der Waals surface area contributed by atoms with Gasteiger partial charge in [0, 0.05) is 10.9 Å². The first-order valence-corrected chi connectivity index (χ1v) is 9.48. The summed E-state index contributed by atoms with van der Waals surface area (Å²) in [5.41, 5.74) is 0.622. The van der Waals surface area contributed by atoms with E-state index in [9.17, 15) is 18.0 Å². The van der Waals surface area contributed by atoms with Gasteiger partial charge in [0.2, 0.25) is 0 Å². The fraction of sp³-hybridized carbons (Fsp3) is 0.444. The second-order valence-corrected chi connectivity index (χ2v) is 7.79. The summed E-state index contributed by atoms with van der Waals surface area (Å²) in [6, 6.07) is 4.56. The summed E-state index contributed by atoms with van der Waals surface area (Å²) in [5, 5.41) is 0. The van der Waals surface area contributed by atoms with Crippen molar-refractivity contribution in [3.8, 4) is 0 Å². The number of H-pyrrole nitrogens is 1. The minimum Gasteiger partial charge on any atom is -0.330 e. The Morgan fingerprint density at radius 1 is 1.12 bits per heavy atom. The predicted molar refractivity (Wildman–Crippen MR) is 92.5 cm³/mol. The van der Waals surface area contributed by atoms with Crippen molar-refractivity contribution in [2.24, 2.45) is 0 Å². The van der Waals surface area contributed by atoms with Crippen molar-refractivity contribution >= 4 is 23.1 Å². The van der Waals surface area contributed by atoms with Crippen molar-refractivity contribution in [2.75, 3.05) is 31.1 Å². The monoisotopic (exact) mass is 382 g/mol. The van der Waals surface area contributed by atoms with Gasteiger partial charge in [0.05, 0.1) is 23.5 Å². The molecule has 0 saturated carbocycles. The maximum absolute atomic E-state index is 12.7. The molecule has 1 amide bonds. The summed E-state index contributed by atoms with van der Waals surface area (Å²) in [7, 11) is 0. The maximum atomic E-state index is 12.7. The first-order valence-electron chi connectivity index (χ1n) is 8.66. The second-order valence-electron chi connectivity index (χ2n) is 6.65. The predicted octanol–water partition coefficient (Wildman–Crippen LogP) is 3.03. The zero-order valence-electron chi connectivity index (χ0n) is 14.1. The molecule has 0 radical (unpaired) electrons. The maximum Gasteiger partial charge on any atom is 0.419 e. The third-order valence-corrected chi connectivity index (χ3v) is 6.21. The first kappa shape index (κ1) is 17.3. The third-order valence-electron chi connectivity index (χ3n) is 4.99. The van der Waals surface area contributed by atoms with Gasteiger partial charge >= 0.3 is 6.18 Å². The number of hydrogen-bond donors (Lipinski definition) is 0. The number of nitrogens with zero attached hydrogens (tertiary/aromatic N) is 2. The van der Waals surface area contributed by atoms with Gasteiger partial charge in [-0.2, -0.15) is 13.2 Å². The van der Waals surface area contributed by atoms with E-state index >= 15 is 0 Å². The highest BCUT2D eigenvalue weighted by Gasteiger charge is 2.33. The summed E-state index contributed by atoms with van der Waals surface area (Å²) in [4.78, 5) is 21.4. The van der Waals surface area contributed by atoms with Crippen LogP contribution in [0.4, 0.5) is 19.0 Å². The average molecular weight is 382 g/mol. The van der Waals surface area contributed by atoms with Crippen LogP contribution in [-0.4, -0.2) is 37.0 Å². The van der Waals surface area contributed by atoms with E-state index in [1.807, 2.05) is 15.9 Å². The zero-order chi connectivity index (χ0) is 18.3. The van der Waals surface area contributed by atoms with Crippen molar-refractivity contribution in [3.63, 3.8) is 0 Å². The van der Waals surface area contributed by atoms with Gasteiger partial charge in [-0.3, -0.25) is 9.69 Å². The topological polar surface area (TPSA) is 37.7 Å². The fourth-order valence-electron chi connectivity index (χ4n) is 3.53. The quantitative estimate of drug-likeness (QED) is 0.801. The number of pyridine rings is 1.